The molecule has 0 amide bonds. The van der Waals surface area contributed by atoms with Crippen molar-refractivity contribution in [3.05, 3.63) is 121 Å². The average Bonchev–Trinajstić information content (AvgIpc) is 2.81. The van der Waals surface area contributed by atoms with E-state index < -0.39 is 0 Å². The summed E-state index contributed by atoms with van der Waals surface area (Å²) < 4.78 is 0. The molecule has 0 unspecified atom stereocenters. The quantitative estimate of drug-likeness (QED) is 0.304. The maximum atomic E-state index is 2.31. The van der Waals surface area contributed by atoms with Gasteiger partial charge in [-0.3, -0.25) is 0 Å². The van der Waals surface area contributed by atoms with Crippen LogP contribution in [-0.2, 0) is 0 Å². The highest BCUT2D eigenvalue weighted by Crippen LogP contribution is 2.28. The fourth-order valence-corrected chi connectivity index (χ4v) is 5.98. The molecule has 30 heavy (non-hydrogen) atoms. The molecular formula is C26H28Cl2P2. The van der Waals surface area contributed by atoms with E-state index in [1.807, 2.05) is 0 Å². The zero-order chi connectivity index (χ0) is 19.6. The third-order valence-electron chi connectivity index (χ3n) is 4.57. The summed E-state index contributed by atoms with van der Waals surface area (Å²) in [6.45, 7) is 4.61. The lowest BCUT2D eigenvalue weighted by Crippen LogP contribution is -2.09. The van der Waals surface area contributed by atoms with Crippen LogP contribution in [-0.4, -0.2) is 13.3 Å². The molecule has 0 saturated heterocycles. The normalized spacial score (nSPS) is 9.73. The summed E-state index contributed by atoms with van der Waals surface area (Å²) >= 11 is 0. The standard InChI is InChI=1S/2C13H13P.2ClH/c2*1-14(12-8-4-2-5-9-12)13-10-6-3-7-11-13;;/h2*2-11H,1H3;2*1H. The first-order valence-corrected chi connectivity index (χ1v) is 13.0. The topological polar surface area (TPSA) is 0 Å². The Morgan fingerprint density at radius 2 is 0.500 bits per heavy atom. The highest BCUT2D eigenvalue weighted by molar-refractivity contribution is 7.72. The molecule has 0 radical (unpaired) electrons. The van der Waals surface area contributed by atoms with Crippen LogP contribution in [0.4, 0.5) is 0 Å². The van der Waals surface area contributed by atoms with Crippen LogP contribution in [0.1, 0.15) is 0 Å². The van der Waals surface area contributed by atoms with E-state index in [1.165, 1.54) is 21.2 Å². The van der Waals surface area contributed by atoms with Crippen LogP contribution in [0.25, 0.3) is 0 Å². The van der Waals surface area contributed by atoms with Gasteiger partial charge >= 0.3 is 0 Å². The molecule has 0 aliphatic carbocycles. The Hall–Kier alpha value is -1.68. The second-order valence-electron chi connectivity index (χ2n) is 6.46. The van der Waals surface area contributed by atoms with Gasteiger partial charge in [0.05, 0.1) is 0 Å². The zero-order valence-corrected chi connectivity index (χ0v) is 20.7. The third kappa shape index (κ3) is 7.86. The summed E-state index contributed by atoms with van der Waals surface area (Å²) in [5.74, 6) is 0. The van der Waals surface area contributed by atoms with Gasteiger partial charge in [-0.25, -0.2) is 0 Å². The van der Waals surface area contributed by atoms with Crippen molar-refractivity contribution in [2.24, 2.45) is 0 Å². The first-order valence-electron chi connectivity index (χ1n) is 9.43. The Bertz CT molecular complexity index is 774. The molecule has 0 atom stereocenters. The molecule has 0 fully saturated rings. The minimum absolute atomic E-state index is 0. The van der Waals surface area contributed by atoms with E-state index in [4.69, 9.17) is 0 Å². The number of halogens is 2. The maximum absolute atomic E-state index is 2.31. The Balaban J connectivity index is 0.000000281. The van der Waals surface area contributed by atoms with E-state index >= 15 is 0 Å². The first-order chi connectivity index (χ1) is 13.8. The van der Waals surface area contributed by atoms with E-state index in [2.05, 4.69) is 135 Å². The van der Waals surface area contributed by atoms with Gasteiger partial charge in [0.15, 0.2) is 0 Å². The number of rotatable bonds is 4. The van der Waals surface area contributed by atoms with Gasteiger partial charge in [-0.1, -0.05) is 121 Å². The number of hydrogen-bond acceptors (Lipinski definition) is 0. The average molecular weight is 473 g/mol. The molecule has 0 aliphatic heterocycles. The van der Waals surface area contributed by atoms with E-state index in [0.29, 0.717) is 0 Å². The van der Waals surface area contributed by atoms with Crippen LogP contribution >= 0.6 is 40.7 Å². The minimum atomic E-state index is -0.171. The molecular weight excluding hydrogens is 445 g/mol. The molecule has 0 heterocycles. The van der Waals surface area contributed by atoms with Crippen molar-refractivity contribution >= 4 is 61.9 Å². The van der Waals surface area contributed by atoms with Crippen molar-refractivity contribution < 1.29 is 0 Å². The van der Waals surface area contributed by atoms with Crippen molar-refractivity contribution in [2.45, 2.75) is 0 Å². The highest BCUT2D eigenvalue weighted by Gasteiger charge is 2.06. The van der Waals surface area contributed by atoms with E-state index in [-0.39, 0.29) is 40.7 Å². The molecule has 0 N–H and O–H groups in total. The van der Waals surface area contributed by atoms with Gasteiger partial charge in [-0.15, -0.1) is 24.8 Å². The van der Waals surface area contributed by atoms with Crippen molar-refractivity contribution in [1.29, 1.82) is 0 Å². The Kier molecular flexibility index (Phi) is 12.6. The molecule has 0 bridgehead atoms. The second-order valence-corrected chi connectivity index (χ2v) is 10.8. The molecule has 0 aromatic heterocycles. The van der Waals surface area contributed by atoms with Gasteiger partial charge in [-0.05, 0) is 50.4 Å². The van der Waals surface area contributed by atoms with Crippen LogP contribution < -0.4 is 21.2 Å². The number of hydrogen-bond donors (Lipinski definition) is 0. The largest absolute Gasteiger partial charge is 0.147 e. The van der Waals surface area contributed by atoms with E-state index in [9.17, 15) is 0 Å². The summed E-state index contributed by atoms with van der Waals surface area (Å²) in [5, 5.41) is 5.75. The minimum Gasteiger partial charge on any atom is -0.147 e. The van der Waals surface area contributed by atoms with Gasteiger partial charge in [0.1, 0.15) is 0 Å². The third-order valence-corrected chi connectivity index (χ3v) is 8.86. The van der Waals surface area contributed by atoms with Gasteiger partial charge < -0.3 is 0 Å². The summed E-state index contributed by atoms with van der Waals surface area (Å²) in [6.07, 6.45) is 0. The maximum Gasteiger partial charge on any atom is -0.0198 e. The number of benzene rings is 4. The summed E-state index contributed by atoms with van der Waals surface area (Å²) in [4.78, 5) is 0. The van der Waals surface area contributed by atoms with Crippen LogP contribution in [0.3, 0.4) is 0 Å². The fourth-order valence-electron chi connectivity index (χ4n) is 2.90. The molecule has 0 spiro atoms. The molecule has 4 aromatic rings. The van der Waals surface area contributed by atoms with Crippen LogP contribution in [0.15, 0.2) is 121 Å². The second kappa shape index (κ2) is 14.3. The lowest BCUT2D eigenvalue weighted by atomic mass is 10.4. The van der Waals surface area contributed by atoms with Gasteiger partial charge in [0, 0.05) is 0 Å². The van der Waals surface area contributed by atoms with Gasteiger partial charge in [-0.2, -0.15) is 0 Å². The molecule has 0 aliphatic rings. The molecule has 4 rings (SSSR count). The molecule has 4 heteroatoms. The first kappa shape index (κ1) is 26.4. The predicted octanol–water partition coefficient (Wildman–Crippen LogP) is 6.34. The van der Waals surface area contributed by atoms with Gasteiger partial charge in [0.2, 0.25) is 0 Å². The van der Waals surface area contributed by atoms with Crippen molar-refractivity contribution in [3.8, 4) is 0 Å². The van der Waals surface area contributed by atoms with Crippen molar-refractivity contribution in [2.75, 3.05) is 13.3 Å². The highest BCUT2D eigenvalue weighted by atomic mass is 35.5. The predicted molar refractivity (Wildman–Crippen MR) is 144 cm³/mol. The van der Waals surface area contributed by atoms with E-state index in [1.54, 1.807) is 0 Å². The van der Waals surface area contributed by atoms with Gasteiger partial charge in [0.25, 0.3) is 0 Å². The lowest BCUT2D eigenvalue weighted by Gasteiger charge is -2.12. The smallest absolute Gasteiger partial charge is 0.0198 e. The van der Waals surface area contributed by atoms with Crippen LogP contribution in [0, 0.1) is 0 Å². The van der Waals surface area contributed by atoms with Crippen molar-refractivity contribution in [3.63, 3.8) is 0 Å². The van der Waals surface area contributed by atoms with Crippen LogP contribution in [0.2, 0.25) is 0 Å². The summed E-state index contributed by atoms with van der Waals surface area (Å²) in [6, 6.07) is 42.8. The SMILES string of the molecule is CP(c1ccccc1)c1ccccc1.CP(c1ccccc1)c1ccccc1.Cl.Cl. The molecule has 156 valence electrons. The summed E-state index contributed by atoms with van der Waals surface area (Å²) in [7, 11) is -0.342. The monoisotopic (exact) mass is 472 g/mol. The zero-order valence-electron chi connectivity index (χ0n) is 17.3. The Morgan fingerprint density at radius 3 is 0.667 bits per heavy atom. The van der Waals surface area contributed by atoms with E-state index in [0.717, 1.165) is 0 Å². The van der Waals surface area contributed by atoms with Crippen LogP contribution in [0.5, 0.6) is 0 Å². The molecule has 0 nitrogen and oxygen atoms in total. The Labute approximate surface area is 196 Å². The molecule has 0 saturated carbocycles. The summed E-state index contributed by atoms with van der Waals surface area (Å²) in [5.41, 5.74) is 0. The fraction of sp³-hybridized carbons (Fsp3) is 0.0769. The van der Waals surface area contributed by atoms with Crippen molar-refractivity contribution in [1.82, 2.24) is 0 Å². The molecule has 4 aromatic carbocycles. The lowest BCUT2D eigenvalue weighted by molar-refractivity contribution is 1.75. The Morgan fingerprint density at radius 1 is 0.333 bits per heavy atom.